The van der Waals surface area contributed by atoms with Crippen molar-refractivity contribution in [3.05, 3.63) is 59.4 Å². The van der Waals surface area contributed by atoms with Gasteiger partial charge in [0.05, 0.1) is 17.9 Å². The fourth-order valence-corrected chi connectivity index (χ4v) is 2.80. The van der Waals surface area contributed by atoms with Gasteiger partial charge in [-0.15, -0.1) is 0 Å². The van der Waals surface area contributed by atoms with Gasteiger partial charge in [0, 0.05) is 18.4 Å². The molecule has 0 unspecified atom stereocenters. The van der Waals surface area contributed by atoms with Gasteiger partial charge in [0.1, 0.15) is 6.61 Å². The fourth-order valence-electron chi connectivity index (χ4n) is 2.80. The summed E-state index contributed by atoms with van der Waals surface area (Å²) in [5, 5.41) is 9.27. The van der Waals surface area contributed by atoms with E-state index in [1.54, 1.807) is 49.5 Å². The molecule has 0 fully saturated rings. The summed E-state index contributed by atoms with van der Waals surface area (Å²) in [7, 11) is 0. The van der Waals surface area contributed by atoms with E-state index >= 15 is 0 Å². The number of carbonyl (C=O) groups excluding carboxylic acids is 2. The monoisotopic (exact) mass is 428 g/mol. The van der Waals surface area contributed by atoms with Gasteiger partial charge >= 0.3 is 12.1 Å². The Labute approximate surface area is 183 Å². The molecule has 31 heavy (non-hydrogen) atoms. The Morgan fingerprint density at radius 3 is 2.42 bits per heavy atom. The summed E-state index contributed by atoms with van der Waals surface area (Å²) in [6.45, 7) is 7.83. The van der Waals surface area contributed by atoms with Crippen molar-refractivity contribution in [2.24, 2.45) is 0 Å². The highest BCUT2D eigenvalue weighted by Crippen LogP contribution is 2.12. The maximum absolute atomic E-state index is 12.4. The van der Waals surface area contributed by atoms with Gasteiger partial charge in [0.15, 0.2) is 0 Å². The van der Waals surface area contributed by atoms with Crippen molar-refractivity contribution < 1.29 is 19.1 Å². The van der Waals surface area contributed by atoms with Crippen LogP contribution in [0.2, 0.25) is 0 Å². The van der Waals surface area contributed by atoms with Crippen LogP contribution in [-0.2, 0) is 22.6 Å². The number of aromatic nitrogens is 1. The normalized spacial score (nSPS) is 10.5. The van der Waals surface area contributed by atoms with Crippen molar-refractivity contribution >= 4 is 17.7 Å². The number of nitrogens with one attached hydrogen (secondary N) is 3. The lowest BCUT2D eigenvalue weighted by Crippen LogP contribution is -2.19. The molecule has 0 atom stereocenters. The standard InChI is InChI=1S/C23H32N4O4/c1-3-24-12-5-6-13-25-16-21-15-19(11-14-26-21)22(28)31-17-18-7-9-20(10-8-18)27-23(29)30-4-2/h7-11,14-15,24-25H,3-6,12-13,16-17H2,1-2H3,(H,27,29). The van der Waals surface area contributed by atoms with Gasteiger partial charge in [-0.05, 0) is 69.2 Å². The van der Waals surface area contributed by atoms with E-state index in [0.717, 1.165) is 43.7 Å². The molecule has 3 N–H and O–H groups in total. The smallest absolute Gasteiger partial charge is 0.411 e. The SMILES string of the molecule is CCNCCCCNCc1cc(C(=O)OCc2ccc(NC(=O)OCC)cc2)ccn1. The van der Waals surface area contributed by atoms with Crippen LogP contribution in [0.25, 0.3) is 0 Å². The molecule has 0 aliphatic heterocycles. The van der Waals surface area contributed by atoms with Gasteiger partial charge < -0.3 is 20.1 Å². The first-order valence-electron chi connectivity index (χ1n) is 10.7. The predicted molar refractivity (Wildman–Crippen MR) is 120 cm³/mol. The molecule has 1 aromatic heterocycles. The van der Waals surface area contributed by atoms with E-state index in [0.29, 0.717) is 24.4 Å². The van der Waals surface area contributed by atoms with Gasteiger partial charge in [-0.3, -0.25) is 10.3 Å². The van der Waals surface area contributed by atoms with Crippen molar-refractivity contribution in [2.45, 2.75) is 39.8 Å². The summed E-state index contributed by atoms with van der Waals surface area (Å²) >= 11 is 0. The number of amides is 1. The van der Waals surface area contributed by atoms with Crippen molar-refractivity contribution in [2.75, 3.05) is 31.6 Å². The summed E-state index contributed by atoms with van der Waals surface area (Å²) in [6, 6.07) is 10.4. The minimum Gasteiger partial charge on any atom is -0.457 e. The largest absolute Gasteiger partial charge is 0.457 e. The zero-order chi connectivity index (χ0) is 22.3. The van der Waals surface area contributed by atoms with E-state index in [1.165, 1.54) is 0 Å². The van der Waals surface area contributed by atoms with Crippen LogP contribution in [0.5, 0.6) is 0 Å². The number of unbranched alkanes of at least 4 members (excludes halogenated alkanes) is 1. The molecule has 168 valence electrons. The minimum atomic E-state index is -0.502. The van der Waals surface area contributed by atoms with Crippen molar-refractivity contribution in [1.82, 2.24) is 15.6 Å². The second-order valence-corrected chi connectivity index (χ2v) is 6.89. The van der Waals surface area contributed by atoms with Gasteiger partial charge in [0.25, 0.3) is 0 Å². The minimum absolute atomic E-state index is 0.139. The summed E-state index contributed by atoms with van der Waals surface area (Å²) in [5.41, 5.74) is 2.70. The highest BCUT2D eigenvalue weighted by molar-refractivity contribution is 5.89. The number of carbonyl (C=O) groups is 2. The summed E-state index contributed by atoms with van der Waals surface area (Å²) < 4.78 is 10.2. The summed E-state index contributed by atoms with van der Waals surface area (Å²) in [5.74, 6) is -0.400. The van der Waals surface area contributed by atoms with Crippen LogP contribution < -0.4 is 16.0 Å². The van der Waals surface area contributed by atoms with Crippen molar-refractivity contribution in [3.63, 3.8) is 0 Å². The second kappa shape index (κ2) is 14.1. The Morgan fingerprint density at radius 2 is 1.71 bits per heavy atom. The van der Waals surface area contributed by atoms with Gasteiger partial charge in [-0.25, -0.2) is 9.59 Å². The van der Waals surface area contributed by atoms with Crippen molar-refractivity contribution in [1.29, 1.82) is 0 Å². The number of benzene rings is 1. The van der Waals surface area contributed by atoms with E-state index < -0.39 is 12.1 Å². The molecule has 8 nitrogen and oxygen atoms in total. The summed E-state index contributed by atoms with van der Waals surface area (Å²) in [6.07, 6.45) is 3.33. The molecule has 1 amide bonds. The van der Waals surface area contributed by atoms with Gasteiger partial charge in [-0.1, -0.05) is 19.1 Å². The maximum Gasteiger partial charge on any atom is 0.411 e. The average molecular weight is 429 g/mol. The molecule has 1 aromatic carbocycles. The summed E-state index contributed by atoms with van der Waals surface area (Å²) in [4.78, 5) is 28.1. The molecule has 1 heterocycles. The third-order valence-electron chi connectivity index (χ3n) is 4.41. The fraction of sp³-hybridized carbons (Fsp3) is 0.435. The number of pyridine rings is 1. The molecule has 0 saturated heterocycles. The van der Waals surface area contributed by atoms with Gasteiger partial charge in [0.2, 0.25) is 0 Å². The predicted octanol–water partition coefficient (Wildman–Crippen LogP) is 3.49. The lowest BCUT2D eigenvalue weighted by atomic mass is 10.2. The van der Waals surface area contributed by atoms with Crippen molar-refractivity contribution in [3.8, 4) is 0 Å². The first kappa shape index (κ1) is 24.3. The zero-order valence-corrected chi connectivity index (χ0v) is 18.3. The molecule has 0 radical (unpaired) electrons. The van der Waals surface area contributed by atoms with Crippen LogP contribution in [0, 0.1) is 0 Å². The Hall–Kier alpha value is -2.97. The number of nitrogens with zero attached hydrogens (tertiary/aromatic N) is 1. The molecule has 0 saturated carbocycles. The first-order chi connectivity index (χ1) is 15.1. The Balaban J connectivity index is 1.75. The van der Waals surface area contributed by atoms with E-state index in [9.17, 15) is 9.59 Å². The maximum atomic E-state index is 12.4. The molecule has 0 aliphatic carbocycles. The lowest BCUT2D eigenvalue weighted by Gasteiger charge is -2.09. The molecular weight excluding hydrogens is 396 g/mol. The number of esters is 1. The first-order valence-corrected chi connectivity index (χ1v) is 10.7. The van der Waals surface area contributed by atoms with E-state index in [1.807, 2.05) is 0 Å². The Kier molecular flexibility index (Phi) is 11.1. The highest BCUT2D eigenvalue weighted by atomic mass is 16.5. The van der Waals surface area contributed by atoms with Crippen LogP contribution in [0.1, 0.15) is 48.3 Å². The number of hydrogen-bond acceptors (Lipinski definition) is 7. The van der Waals surface area contributed by atoms with E-state index in [-0.39, 0.29) is 6.61 Å². The Morgan fingerprint density at radius 1 is 0.968 bits per heavy atom. The van der Waals surface area contributed by atoms with Crippen LogP contribution in [0.4, 0.5) is 10.5 Å². The zero-order valence-electron chi connectivity index (χ0n) is 18.3. The molecule has 0 bridgehead atoms. The van der Waals surface area contributed by atoms with Crippen LogP contribution >= 0.6 is 0 Å². The van der Waals surface area contributed by atoms with Crippen LogP contribution in [0.3, 0.4) is 0 Å². The molecule has 0 aliphatic rings. The van der Waals surface area contributed by atoms with Crippen LogP contribution in [-0.4, -0.2) is 43.3 Å². The lowest BCUT2D eigenvalue weighted by molar-refractivity contribution is 0.0472. The molecule has 8 heteroatoms. The highest BCUT2D eigenvalue weighted by Gasteiger charge is 2.09. The third kappa shape index (κ3) is 9.59. The topological polar surface area (TPSA) is 102 Å². The molecule has 0 spiro atoms. The average Bonchev–Trinajstić information content (AvgIpc) is 2.78. The number of ether oxygens (including phenoxy) is 2. The van der Waals surface area contributed by atoms with E-state index in [4.69, 9.17) is 9.47 Å². The third-order valence-corrected chi connectivity index (χ3v) is 4.41. The number of anilines is 1. The quantitative estimate of drug-likeness (QED) is 0.332. The molecular formula is C23H32N4O4. The molecule has 2 rings (SSSR count). The Bertz CT molecular complexity index is 811. The van der Waals surface area contributed by atoms with Gasteiger partial charge in [-0.2, -0.15) is 0 Å². The number of hydrogen-bond donors (Lipinski definition) is 3. The van der Waals surface area contributed by atoms with E-state index in [2.05, 4.69) is 27.9 Å². The van der Waals surface area contributed by atoms with Crippen LogP contribution in [0.15, 0.2) is 42.6 Å². The second-order valence-electron chi connectivity index (χ2n) is 6.89. The number of rotatable bonds is 13. The molecule has 2 aromatic rings.